The van der Waals surface area contributed by atoms with Crippen LogP contribution in [0.3, 0.4) is 0 Å². The van der Waals surface area contributed by atoms with Gasteiger partial charge in [-0.1, -0.05) is 0 Å². The lowest BCUT2D eigenvalue weighted by molar-refractivity contribution is 0.0846. The van der Waals surface area contributed by atoms with Gasteiger partial charge in [-0.15, -0.1) is 0 Å². The van der Waals surface area contributed by atoms with Crippen LogP contribution in [0.1, 0.15) is 34.1 Å². The third-order valence-corrected chi connectivity index (χ3v) is 6.10. The maximum atomic E-state index is 12.2. The highest BCUT2D eigenvalue weighted by atomic mass is 32.2. The lowest BCUT2D eigenvalue weighted by Crippen LogP contribution is -2.41. The number of nitrogens with zero attached hydrogens (tertiary/aromatic N) is 1. The average Bonchev–Trinajstić information content (AvgIpc) is 3.06. The first-order chi connectivity index (χ1) is 13.4. The molecule has 1 aliphatic rings. The van der Waals surface area contributed by atoms with Crippen LogP contribution < -0.4 is 19.9 Å². The van der Waals surface area contributed by atoms with E-state index in [1.807, 2.05) is 6.92 Å². The zero-order valence-electron chi connectivity index (χ0n) is 15.3. The molecule has 148 valence electrons. The van der Waals surface area contributed by atoms with Crippen LogP contribution in [0.4, 0.5) is 5.69 Å². The molecule has 0 aromatic heterocycles. The molecule has 2 aromatic rings. The maximum Gasteiger partial charge on any atom is 0.269 e. The fourth-order valence-electron chi connectivity index (χ4n) is 2.84. The molecule has 2 N–H and O–H groups in total. The standard InChI is InChI=1S/C19H21N3O5S/c1-2-27-17-10-6-15(7-11-17)19(24)21-20-18(23)14-4-8-16(9-5-14)22-12-3-13-28(22,25)26/h4-11H,2-3,12-13H2,1H3,(H,20,23)(H,21,24). The van der Waals surface area contributed by atoms with Crippen LogP contribution >= 0.6 is 0 Å². The van der Waals surface area contributed by atoms with Crippen LogP contribution in [0.15, 0.2) is 48.5 Å². The van der Waals surface area contributed by atoms with Crippen molar-refractivity contribution in [3.8, 4) is 5.75 Å². The molecule has 3 rings (SSSR count). The Morgan fingerprint density at radius 1 is 0.964 bits per heavy atom. The third-order valence-electron chi connectivity index (χ3n) is 4.23. The van der Waals surface area contributed by atoms with Gasteiger partial charge in [0, 0.05) is 17.7 Å². The Morgan fingerprint density at radius 3 is 1.96 bits per heavy atom. The van der Waals surface area contributed by atoms with Crippen molar-refractivity contribution in [3.05, 3.63) is 59.7 Å². The smallest absolute Gasteiger partial charge is 0.269 e. The second kappa shape index (κ2) is 8.30. The van der Waals surface area contributed by atoms with Crippen molar-refractivity contribution in [1.29, 1.82) is 0 Å². The van der Waals surface area contributed by atoms with Crippen molar-refractivity contribution in [1.82, 2.24) is 10.9 Å². The predicted molar refractivity (Wildman–Crippen MR) is 105 cm³/mol. The average molecular weight is 403 g/mol. The number of benzene rings is 2. The van der Waals surface area contributed by atoms with Crippen molar-refractivity contribution in [2.45, 2.75) is 13.3 Å². The predicted octanol–water partition coefficient (Wildman–Crippen LogP) is 1.70. The largest absolute Gasteiger partial charge is 0.494 e. The van der Waals surface area contributed by atoms with Crippen LogP contribution in [0.25, 0.3) is 0 Å². The molecule has 0 spiro atoms. The number of hydrogen-bond acceptors (Lipinski definition) is 5. The number of amides is 2. The minimum atomic E-state index is -3.27. The zero-order chi connectivity index (χ0) is 20.1. The SMILES string of the molecule is CCOc1ccc(C(=O)NNC(=O)c2ccc(N3CCCS3(=O)=O)cc2)cc1. The Balaban J connectivity index is 1.58. The van der Waals surface area contributed by atoms with Gasteiger partial charge in [0.1, 0.15) is 5.75 Å². The number of hydrazine groups is 1. The normalized spacial score (nSPS) is 15.1. The molecule has 0 aliphatic carbocycles. The first kappa shape index (κ1) is 19.7. The molecule has 2 aromatic carbocycles. The Hall–Kier alpha value is -3.07. The quantitative estimate of drug-likeness (QED) is 0.740. The van der Waals surface area contributed by atoms with Crippen molar-refractivity contribution in [3.63, 3.8) is 0 Å². The molecule has 0 radical (unpaired) electrons. The van der Waals surface area contributed by atoms with E-state index in [9.17, 15) is 18.0 Å². The van der Waals surface area contributed by atoms with E-state index < -0.39 is 21.8 Å². The van der Waals surface area contributed by atoms with E-state index in [1.54, 1.807) is 36.4 Å². The van der Waals surface area contributed by atoms with Gasteiger partial charge in [0.05, 0.1) is 18.0 Å². The highest BCUT2D eigenvalue weighted by Crippen LogP contribution is 2.24. The monoisotopic (exact) mass is 403 g/mol. The topological polar surface area (TPSA) is 105 Å². The summed E-state index contributed by atoms with van der Waals surface area (Å²) in [4.78, 5) is 24.3. The van der Waals surface area contributed by atoms with Crippen molar-refractivity contribution < 1.29 is 22.7 Å². The van der Waals surface area contributed by atoms with Crippen LogP contribution in [-0.2, 0) is 10.0 Å². The van der Waals surface area contributed by atoms with Crippen LogP contribution in [0, 0.1) is 0 Å². The Bertz CT molecular complexity index is 956. The Labute approximate surface area is 163 Å². The van der Waals surface area contributed by atoms with Crippen LogP contribution in [0.2, 0.25) is 0 Å². The van der Waals surface area contributed by atoms with Crippen LogP contribution in [0.5, 0.6) is 5.75 Å². The lowest BCUT2D eigenvalue weighted by Gasteiger charge is -2.17. The molecular formula is C19H21N3O5S. The van der Waals surface area contributed by atoms with Gasteiger partial charge in [0.25, 0.3) is 11.8 Å². The summed E-state index contributed by atoms with van der Waals surface area (Å²) in [7, 11) is -3.27. The van der Waals surface area contributed by atoms with E-state index in [0.29, 0.717) is 42.1 Å². The molecule has 0 saturated carbocycles. The van der Waals surface area contributed by atoms with E-state index in [1.165, 1.54) is 16.4 Å². The lowest BCUT2D eigenvalue weighted by atomic mass is 10.2. The number of rotatable bonds is 5. The van der Waals surface area contributed by atoms with Gasteiger partial charge < -0.3 is 4.74 Å². The number of carbonyl (C=O) groups excluding carboxylic acids is 2. The summed E-state index contributed by atoms with van der Waals surface area (Å²) in [6.45, 7) is 2.84. The summed E-state index contributed by atoms with van der Waals surface area (Å²) < 4.78 is 30.5. The van der Waals surface area contributed by atoms with Gasteiger partial charge in [0.2, 0.25) is 10.0 Å². The molecule has 28 heavy (non-hydrogen) atoms. The summed E-state index contributed by atoms with van der Waals surface area (Å²) in [6.07, 6.45) is 0.585. The molecule has 1 saturated heterocycles. The van der Waals surface area contributed by atoms with Gasteiger partial charge in [-0.25, -0.2) is 8.42 Å². The molecule has 1 aliphatic heterocycles. The van der Waals surface area contributed by atoms with Crippen LogP contribution in [-0.4, -0.2) is 39.1 Å². The molecule has 1 heterocycles. The molecular weight excluding hydrogens is 382 g/mol. The highest BCUT2D eigenvalue weighted by Gasteiger charge is 2.28. The summed E-state index contributed by atoms with van der Waals surface area (Å²) in [6, 6.07) is 12.7. The number of hydrogen-bond donors (Lipinski definition) is 2. The molecule has 0 atom stereocenters. The summed E-state index contributed by atoms with van der Waals surface area (Å²) >= 11 is 0. The van der Waals surface area contributed by atoms with E-state index in [4.69, 9.17) is 4.74 Å². The van der Waals surface area contributed by atoms with Gasteiger partial charge >= 0.3 is 0 Å². The Kier molecular flexibility index (Phi) is 5.84. The van der Waals surface area contributed by atoms with Gasteiger partial charge in [0.15, 0.2) is 0 Å². The summed E-state index contributed by atoms with van der Waals surface area (Å²) in [5.41, 5.74) is 5.88. The zero-order valence-corrected chi connectivity index (χ0v) is 16.2. The molecule has 1 fully saturated rings. The molecule has 2 amide bonds. The fourth-order valence-corrected chi connectivity index (χ4v) is 4.40. The van der Waals surface area contributed by atoms with Gasteiger partial charge in [-0.05, 0) is 61.9 Å². The molecule has 9 heteroatoms. The number of carbonyl (C=O) groups is 2. The Morgan fingerprint density at radius 2 is 1.50 bits per heavy atom. The van der Waals surface area contributed by atoms with Crippen molar-refractivity contribution in [2.75, 3.05) is 23.2 Å². The highest BCUT2D eigenvalue weighted by molar-refractivity contribution is 7.93. The maximum absolute atomic E-state index is 12.2. The molecule has 8 nitrogen and oxygen atoms in total. The minimum absolute atomic E-state index is 0.132. The number of nitrogens with one attached hydrogen (secondary N) is 2. The van der Waals surface area contributed by atoms with Gasteiger partial charge in [-0.3, -0.25) is 24.7 Å². The fraction of sp³-hybridized carbons (Fsp3) is 0.263. The number of anilines is 1. The summed E-state index contributed by atoms with van der Waals surface area (Å²) in [5, 5.41) is 0. The van der Waals surface area contributed by atoms with E-state index in [-0.39, 0.29) is 5.75 Å². The van der Waals surface area contributed by atoms with E-state index in [2.05, 4.69) is 10.9 Å². The second-order valence-electron chi connectivity index (χ2n) is 6.15. The molecule has 0 unspecified atom stereocenters. The van der Waals surface area contributed by atoms with E-state index in [0.717, 1.165) is 0 Å². The first-order valence-electron chi connectivity index (χ1n) is 8.85. The number of ether oxygens (including phenoxy) is 1. The van der Waals surface area contributed by atoms with Crippen molar-refractivity contribution >= 4 is 27.5 Å². The molecule has 0 bridgehead atoms. The van der Waals surface area contributed by atoms with E-state index >= 15 is 0 Å². The first-order valence-corrected chi connectivity index (χ1v) is 10.5. The second-order valence-corrected chi connectivity index (χ2v) is 8.17. The third kappa shape index (κ3) is 4.42. The van der Waals surface area contributed by atoms with Gasteiger partial charge in [-0.2, -0.15) is 0 Å². The minimum Gasteiger partial charge on any atom is -0.494 e. The number of sulfonamides is 1. The summed E-state index contributed by atoms with van der Waals surface area (Å²) in [5.74, 6) is -0.179. The van der Waals surface area contributed by atoms with Crippen molar-refractivity contribution in [2.24, 2.45) is 0 Å².